The van der Waals surface area contributed by atoms with E-state index < -0.39 is 0 Å². The minimum absolute atomic E-state index is 0.00619. The average Bonchev–Trinajstić information content (AvgIpc) is 3.34. The lowest BCUT2D eigenvalue weighted by Crippen LogP contribution is -2.41. The molecular weight excluding hydrogens is 352 g/mol. The Balaban J connectivity index is 1.73. The maximum absolute atomic E-state index is 13.3. The van der Waals surface area contributed by atoms with Crippen LogP contribution in [0.15, 0.2) is 18.2 Å². The van der Waals surface area contributed by atoms with E-state index in [1.807, 2.05) is 19.1 Å². The topological polar surface area (TPSA) is 52.5 Å². The summed E-state index contributed by atoms with van der Waals surface area (Å²) in [5.74, 6) is 0.780. The molecule has 2 aliphatic rings. The summed E-state index contributed by atoms with van der Waals surface area (Å²) < 4.78 is 13.6. The van der Waals surface area contributed by atoms with E-state index in [-0.39, 0.29) is 18.1 Å². The summed E-state index contributed by atoms with van der Waals surface area (Å²) in [6.45, 7) is 4.93. The van der Waals surface area contributed by atoms with Gasteiger partial charge in [0, 0.05) is 29.2 Å². The van der Waals surface area contributed by atoms with E-state index >= 15 is 0 Å². The van der Waals surface area contributed by atoms with Crippen molar-refractivity contribution in [2.24, 2.45) is 0 Å². The van der Waals surface area contributed by atoms with Crippen LogP contribution in [-0.4, -0.2) is 36.3 Å². The molecule has 4 rings (SSSR count). The smallest absolute Gasteiger partial charge is 0.254 e. The second kappa shape index (κ2) is 8.16. The molecule has 28 heavy (non-hydrogen) atoms. The Morgan fingerprint density at radius 1 is 1.21 bits per heavy atom. The molecule has 1 aromatic heterocycles. The van der Waals surface area contributed by atoms with Crippen molar-refractivity contribution < 1.29 is 14.3 Å². The van der Waals surface area contributed by atoms with E-state index in [0.29, 0.717) is 6.04 Å². The van der Waals surface area contributed by atoms with Gasteiger partial charge in [-0.2, -0.15) is 0 Å². The molecule has 1 amide bonds. The van der Waals surface area contributed by atoms with Gasteiger partial charge in [0.25, 0.3) is 5.91 Å². The zero-order valence-corrected chi connectivity index (χ0v) is 17.3. The van der Waals surface area contributed by atoms with Gasteiger partial charge in [0.05, 0.1) is 24.8 Å². The summed E-state index contributed by atoms with van der Waals surface area (Å²) >= 11 is 0. The number of hydrogen-bond acceptors (Lipinski definition) is 3. The lowest BCUT2D eigenvalue weighted by molar-refractivity contribution is 0.0712. The summed E-state index contributed by atoms with van der Waals surface area (Å²) in [4.78, 5) is 13.3. The minimum Gasteiger partial charge on any atom is -0.497 e. The molecule has 5 nitrogen and oxygen atoms in total. The maximum atomic E-state index is 13.3. The summed E-state index contributed by atoms with van der Waals surface area (Å²) in [5.41, 5.74) is 2.98. The summed E-state index contributed by atoms with van der Waals surface area (Å²) in [6.07, 6.45) is 8.41. The van der Waals surface area contributed by atoms with Crippen LogP contribution in [0.3, 0.4) is 0 Å². The van der Waals surface area contributed by atoms with Crippen LogP contribution >= 0.6 is 0 Å². The van der Waals surface area contributed by atoms with Crippen LogP contribution in [-0.2, 0) is 4.74 Å². The zero-order chi connectivity index (χ0) is 19.7. The highest BCUT2D eigenvalue weighted by atomic mass is 16.5. The van der Waals surface area contributed by atoms with Crippen molar-refractivity contribution >= 4 is 16.8 Å². The highest BCUT2D eigenvalue weighted by Gasteiger charge is 2.28. The quantitative estimate of drug-likeness (QED) is 0.808. The van der Waals surface area contributed by atoms with Crippen LogP contribution in [0.1, 0.15) is 74.0 Å². The molecule has 1 N–H and O–H groups in total. The van der Waals surface area contributed by atoms with E-state index in [4.69, 9.17) is 9.47 Å². The minimum atomic E-state index is -0.00619. The van der Waals surface area contributed by atoms with Crippen LogP contribution in [0.5, 0.6) is 5.75 Å². The van der Waals surface area contributed by atoms with E-state index in [1.165, 1.54) is 32.1 Å². The second-order valence-electron chi connectivity index (χ2n) is 8.32. The first-order chi connectivity index (χ1) is 13.6. The number of ether oxygens (including phenoxy) is 2. The second-order valence-corrected chi connectivity index (χ2v) is 8.32. The molecule has 0 spiro atoms. The molecule has 0 bridgehead atoms. The molecule has 1 aliphatic carbocycles. The normalized spacial score (nSPS) is 21.8. The first-order valence-electron chi connectivity index (χ1n) is 10.7. The summed E-state index contributed by atoms with van der Waals surface area (Å²) in [7, 11) is 1.67. The zero-order valence-electron chi connectivity index (χ0n) is 17.3. The molecule has 5 heteroatoms. The molecule has 152 valence electrons. The van der Waals surface area contributed by atoms with Crippen molar-refractivity contribution in [1.82, 2.24) is 9.88 Å². The SMILES string of the molecule is COc1ccc2c(c1)c(C(=O)NC(C)C1CCCO1)c(C)n2C1CCCCC1. The van der Waals surface area contributed by atoms with Crippen LogP contribution < -0.4 is 10.1 Å². The van der Waals surface area contributed by atoms with Crippen molar-refractivity contribution in [3.05, 3.63) is 29.5 Å². The maximum Gasteiger partial charge on any atom is 0.254 e. The Morgan fingerprint density at radius 3 is 2.68 bits per heavy atom. The van der Waals surface area contributed by atoms with Gasteiger partial charge in [0.15, 0.2) is 0 Å². The molecule has 1 aromatic carbocycles. The first kappa shape index (κ1) is 19.3. The number of methoxy groups -OCH3 is 1. The first-order valence-corrected chi connectivity index (χ1v) is 10.7. The number of carbonyl (C=O) groups is 1. The molecule has 1 saturated heterocycles. The molecule has 0 radical (unpaired) electrons. The fraction of sp³-hybridized carbons (Fsp3) is 0.609. The molecule has 2 aromatic rings. The van der Waals surface area contributed by atoms with Crippen LogP contribution in [0.2, 0.25) is 0 Å². The largest absolute Gasteiger partial charge is 0.497 e. The lowest BCUT2D eigenvalue weighted by atomic mass is 9.95. The standard InChI is InChI=1S/C23H32N2O3/c1-15(21-10-7-13-28-21)24-23(26)22-16(2)25(17-8-5-4-6-9-17)20-12-11-18(27-3)14-19(20)22/h11-12,14-15,17,21H,4-10,13H2,1-3H3,(H,24,26). The Bertz CT molecular complexity index is 845. The third-order valence-corrected chi connectivity index (χ3v) is 6.50. The number of nitrogens with zero attached hydrogens (tertiary/aromatic N) is 1. The van der Waals surface area contributed by atoms with Gasteiger partial charge in [0.1, 0.15) is 5.75 Å². The predicted molar refractivity (Wildman–Crippen MR) is 111 cm³/mol. The van der Waals surface area contributed by atoms with Gasteiger partial charge in [-0.1, -0.05) is 19.3 Å². The van der Waals surface area contributed by atoms with Crippen molar-refractivity contribution in [3.63, 3.8) is 0 Å². The van der Waals surface area contributed by atoms with Crippen molar-refractivity contribution in [1.29, 1.82) is 0 Å². The molecule has 2 fully saturated rings. The molecule has 2 heterocycles. The molecule has 2 atom stereocenters. The third-order valence-electron chi connectivity index (χ3n) is 6.50. The fourth-order valence-electron chi connectivity index (χ4n) is 5.01. The summed E-state index contributed by atoms with van der Waals surface area (Å²) in [5, 5.41) is 4.19. The number of fused-ring (bicyclic) bond motifs is 1. The van der Waals surface area contributed by atoms with Gasteiger partial charge in [-0.3, -0.25) is 4.79 Å². The predicted octanol–water partition coefficient (Wildman–Crippen LogP) is 4.76. The molecule has 1 aliphatic heterocycles. The highest BCUT2D eigenvalue weighted by Crippen LogP contribution is 2.37. The van der Waals surface area contributed by atoms with E-state index in [0.717, 1.165) is 47.4 Å². The number of nitrogens with one attached hydrogen (secondary N) is 1. The van der Waals surface area contributed by atoms with Gasteiger partial charge in [-0.15, -0.1) is 0 Å². The molecule has 2 unspecified atom stereocenters. The number of rotatable bonds is 5. The van der Waals surface area contributed by atoms with Crippen LogP contribution in [0, 0.1) is 6.92 Å². The van der Waals surface area contributed by atoms with Gasteiger partial charge in [-0.05, 0) is 57.7 Å². The fourth-order valence-corrected chi connectivity index (χ4v) is 5.01. The Morgan fingerprint density at radius 2 is 2.00 bits per heavy atom. The van der Waals surface area contributed by atoms with Gasteiger partial charge in [0.2, 0.25) is 0 Å². The number of aromatic nitrogens is 1. The van der Waals surface area contributed by atoms with Crippen LogP contribution in [0.4, 0.5) is 0 Å². The number of benzene rings is 1. The highest BCUT2D eigenvalue weighted by molar-refractivity contribution is 6.09. The summed E-state index contributed by atoms with van der Waals surface area (Å²) in [6, 6.07) is 6.59. The monoisotopic (exact) mass is 384 g/mol. The van der Waals surface area contributed by atoms with Crippen molar-refractivity contribution in [2.45, 2.75) is 77.0 Å². The van der Waals surface area contributed by atoms with E-state index in [2.05, 4.69) is 22.9 Å². The third kappa shape index (κ3) is 3.52. The van der Waals surface area contributed by atoms with Gasteiger partial charge in [-0.25, -0.2) is 0 Å². The van der Waals surface area contributed by atoms with Crippen molar-refractivity contribution in [2.75, 3.05) is 13.7 Å². The van der Waals surface area contributed by atoms with Crippen LogP contribution in [0.25, 0.3) is 10.9 Å². The van der Waals surface area contributed by atoms with E-state index in [9.17, 15) is 4.79 Å². The van der Waals surface area contributed by atoms with Gasteiger partial charge < -0.3 is 19.4 Å². The van der Waals surface area contributed by atoms with Crippen molar-refractivity contribution in [3.8, 4) is 5.75 Å². The number of hydrogen-bond donors (Lipinski definition) is 1. The Hall–Kier alpha value is -2.01. The molecule has 1 saturated carbocycles. The average molecular weight is 385 g/mol. The molecular formula is C23H32N2O3. The Kier molecular flexibility index (Phi) is 5.63. The number of carbonyl (C=O) groups excluding carboxylic acids is 1. The van der Waals surface area contributed by atoms with Gasteiger partial charge >= 0.3 is 0 Å². The Labute approximate surface area is 167 Å². The van der Waals surface area contributed by atoms with E-state index in [1.54, 1.807) is 7.11 Å². The number of amides is 1. The lowest BCUT2D eigenvalue weighted by Gasteiger charge is -2.26.